The predicted molar refractivity (Wildman–Crippen MR) is 55.8 cm³/mol. The van der Waals surface area contributed by atoms with E-state index in [0.29, 0.717) is 13.1 Å². The minimum absolute atomic E-state index is 0.0686. The molecular weight excluding hydrogens is 251 g/mol. The summed E-state index contributed by atoms with van der Waals surface area (Å²) in [6, 6.07) is 0. The Bertz CT molecular complexity index is 404. The third kappa shape index (κ3) is 2.54. The van der Waals surface area contributed by atoms with E-state index in [9.17, 15) is 18.3 Å². The Balaban J connectivity index is 1.97. The van der Waals surface area contributed by atoms with Gasteiger partial charge in [0.1, 0.15) is 0 Å². The number of aromatic nitrogens is 2. The second kappa shape index (κ2) is 4.69. The van der Waals surface area contributed by atoms with E-state index in [0.717, 1.165) is 12.4 Å². The van der Waals surface area contributed by atoms with Crippen LogP contribution in [-0.4, -0.2) is 41.6 Å². The topological polar surface area (TPSA) is 58.5 Å². The molecule has 0 radical (unpaired) electrons. The molecule has 2 heterocycles. The van der Waals surface area contributed by atoms with E-state index in [-0.39, 0.29) is 11.9 Å². The molecule has 2 rings (SSSR count). The highest BCUT2D eigenvalue weighted by Gasteiger charge is 2.35. The average Bonchev–Trinajstić information content (AvgIpc) is 2.26. The van der Waals surface area contributed by atoms with Crippen LogP contribution in [0.2, 0.25) is 0 Å². The van der Waals surface area contributed by atoms with Crippen molar-refractivity contribution in [2.45, 2.75) is 12.5 Å². The number of alkyl halides is 3. The van der Waals surface area contributed by atoms with Gasteiger partial charge in [-0.05, 0) is 0 Å². The van der Waals surface area contributed by atoms with Gasteiger partial charge in [-0.25, -0.2) is 9.97 Å². The van der Waals surface area contributed by atoms with E-state index in [2.05, 4.69) is 9.97 Å². The van der Waals surface area contributed by atoms with Crippen molar-refractivity contribution in [2.24, 2.45) is 5.92 Å². The van der Waals surface area contributed by atoms with Gasteiger partial charge in [0.05, 0.1) is 5.56 Å². The third-order valence-electron chi connectivity index (χ3n) is 2.80. The Labute approximate surface area is 101 Å². The maximum atomic E-state index is 12.3. The van der Waals surface area contributed by atoms with Crippen LogP contribution < -0.4 is 4.90 Å². The number of methoxy groups -OCH3 is 1. The number of aliphatic hydroxyl groups excluding tert-OH is 1. The van der Waals surface area contributed by atoms with Crippen molar-refractivity contribution in [2.75, 3.05) is 25.1 Å². The molecule has 1 N–H and O–H groups in total. The van der Waals surface area contributed by atoms with Gasteiger partial charge >= 0.3 is 6.18 Å². The third-order valence-corrected chi connectivity index (χ3v) is 2.80. The SMILES string of the molecule is COC(O)C1CN(c2ncc(C(F)(F)F)cn2)C1. The quantitative estimate of drug-likeness (QED) is 0.821. The number of ether oxygens (including phenoxy) is 1. The van der Waals surface area contributed by atoms with Crippen LogP contribution in [0.1, 0.15) is 5.56 Å². The van der Waals surface area contributed by atoms with Gasteiger partial charge in [-0.2, -0.15) is 13.2 Å². The summed E-state index contributed by atoms with van der Waals surface area (Å²) < 4.78 is 41.6. The summed E-state index contributed by atoms with van der Waals surface area (Å²) in [4.78, 5) is 8.99. The molecule has 0 aliphatic carbocycles. The largest absolute Gasteiger partial charge is 0.419 e. The first-order chi connectivity index (χ1) is 8.41. The van der Waals surface area contributed by atoms with Gasteiger partial charge in [0.15, 0.2) is 6.29 Å². The van der Waals surface area contributed by atoms with Crippen LogP contribution in [0.15, 0.2) is 12.4 Å². The van der Waals surface area contributed by atoms with Crippen LogP contribution in [0, 0.1) is 5.92 Å². The zero-order valence-corrected chi connectivity index (χ0v) is 9.55. The maximum Gasteiger partial charge on any atom is 0.419 e. The second-order valence-corrected chi connectivity index (χ2v) is 4.06. The first-order valence-electron chi connectivity index (χ1n) is 5.27. The molecule has 5 nitrogen and oxygen atoms in total. The number of rotatable bonds is 3. The lowest BCUT2D eigenvalue weighted by atomic mass is 10.0. The highest BCUT2D eigenvalue weighted by Crippen LogP contribution is 2.29. The number of hydrogen-bond donors (Lipinski definition) is 1. The molecule has 0 bridgehead atoms. The number of nitrogens with zero attached hydrogens (tertiary/aromatic N) is 3. The molecule has 1 aromatic rings. The molecule has 0 spiro atoms. The van der Waals surface area contributed by atoms with Crippen molar-refractivity contribution in [3.8, 4) is 0 Å². The molecule has 1 aliphatic rings. The molecular formula is C10H12F3N3O2. The molecule has 1 aromatic heterocycles. The van der Waals surface area contributed by atoms with Crippen molar-refractivity contribution in [3.05, 3.63) is 18.0 Å². The molecule has 0 aromatic carbocycles. The van der Waals surface area contributed by atoms with Gasteiger partial charge in [-0.3, -0.25) is 0 Å². The van der Waals surface area contributed by atoms with Crippen LogP contribution in [0.25, 0.3) is 0 Å². The smallest absolute Gasteiger partial charge is 0.368 e. The minimum atomic E-state index is -4.43. The second-order valence-electron chi connectivity index (χ2n) is 4.06. The summed E-state index contributed by atoms with van der Waals surface area (Å²) >= 11 is 0. The van der Waals surface area contributed by atoms with Crippen molar-refractivity contribution in [3.63, 3.8) is 0 Å². The summed E-state index contributed by atoms with van der Waals surface area (Å²) in [6.07, 6.45) is -3.79. The number of hydrogen-bond acceptors (Lipinski definition) is 5. The molecule has 0 saturated carbocycles. The fourth-order valence-corrected chi connectivity index (χ4v) is 1.68. The Morgan fingerprint density at radius 1 is 1.39 bits per heavy atom. The fraction of sp³-hybridized carbons (Fsp3) is 0.600. The van der Waals surface area contributed by atoms with Crippen LogP contribution in [-0.2, 0) is 10.9 Å². The highest BCUT2D eigenvalue weighted by atomic mass is 19.4. The van der Waals surface area contributed by atoms with Gasteiger partial charge in [0, 0.05) is 38.5 Å². The van der Waals surface area contributed by atoms with Crippen molar-refractivity contribution in [1.82, 2.24) is 9.97 Å². The lowest BCUT2D eigenvalue weighted by molar-refractivity contribution is -0.138. The Morgan fingerprint density at radius 3 is 2.39 bits per heavy atom. The van der Waals surface area contributed by atoms with E-state index in [1.54, 1.807) is 4.90 Å². The lowest BCUT2D eigenvalue weighted by Gasteiger charge is -2.40. The summed E-state index contributed by atoms with van der Waals surface area (Å²) in [7, 11) is 1.39. The maximum absolute atomic E-state index is 12.3. The van der Waals surface area contributed by atoms with Gasteiger partial charge in [0.25, 0.3) is 0 Å². The average molecular weight is 263 g/mol. The van der Waals surface area contributed by atoms with Crippen molar-refractivity contribution >= 4 is 5.95 Å². The first kappa shape index (κ1) is 13.0. The van der Waals surface area contributed by atoms with Gasteiger partial charge in [0.2, 0.25) is 5.95 Å². The molecule has 1 aliphatic heterocycles. The van der Waals surface area contributed by atoms with E-state index >= 15 is 0 Å². The fourth-order valence-electron chi connectivity index (χ4n) is 1.68. The van der Waals surface area contributed by atoms with Crippen molar-refractivity contribution < 1.29 is 23.0 Å². The molecule has 1 unspecified atom stereocenters. The predicted octanol–water partition coefficient (Wildman–Crippen LogP) is 0.896. The Morgan fingerprint density at radius 2 is 1.94 bits per heavy atom. The van der Waals surface area contributed by atoms with Gasteiger partial charge in [-0.1, -0.05) is 0 Å². The van der Waals surface area contributed by atoms with Crippen LogP contribution >= 0.6 is 0 Å². The van der Waals surface area contributed by atoms with E-state index in [1.807, 2.05) is 0 Å². The van der Waals surface area contributed by atoms with E-state index in [4.69, 9.17) is 4.74 Å². The molecule has 8 heteroatoms. The summed E-state index contributed by atoms with van der Waals surface area (Å²) in [5, 5.41) is 9.35. The highest BCUT2D eigenvalue weighted by molar-refractivity contribution is 5.34. The van der Waals surface area contributed by atoms with E-state index in [1.165, 1.54) is 7.11 Å². The number of aliphatic hydroxyl groups is 1. The number of halogens is 3. The van der Waals surface area contributed by atoms with Crippen LogP contribution in [0.5, 0.6) is 0 Å². The van der Waals surface area contributed by atoms with Gasteiger partial charge in [-0.15, -0.1) is 0 Å². The molecule has 1 atom stereocenters. The van der Waals surface area contributed by atoms with Crippen molar-refractivity contribution in [1.29, 1.82) is 0 Å². The summed E-state index contributed by atoms with van der Waals surface area (Å²) in [5.41, 5.74) is -0.875. The zero-order valence-electron chi connectivity index (χ0n) is 9.55. The molecule has 0 amide bonds. The minimum Gasteiger partial charge on any atom is -0.368 e. The number of anilines is 1. The normalized spacial score (nSPS) is 18.6. The summed E-state index contributed by atoms with van der Waals surface area (Å²) in [6.45, 7) is 0.917. The van der Waals surface area contributed by atoms with Crippen LogP contribution in [0.4, 0.5) is 19.1 Å². The first-order valence-corrected chi connectivity index (χ1v) is 5.27. The Kier molecular flexibility index (Phi) is 3.40. The molecule has 100 valence electrons. The zero-order chi connectivity index (χ0) is 13.3. The molecule has 18 heavy (non-hydrogen) atoms. The van der Waals surface area contributed by atoms with Crippen LogP contribution in [0.3, 0.4) is 0 Å². The van der Waals surface area contributed by atoms with E-state index < -0.39 is 18.0 Å². The monoisotopic (exact) mass is 263 g/mol. The standard InChI is InChI=1S/C10H12F3N3O2/c1-18-8(17)6-4-16(5-6)9-14-2-7(3-15-9)10(11,12)13/h2-3,6,8,17H,4-5H2,1H3. The summed E-state index contributed by atoms with van der Waals surface area (Å²) in [5.74, 6) is 0.156. The Hall–Kier alpha value is -1.41. The van der Waals surface area contributed by atoms with Gasteiger partial charge < -0.3 is 14.7 Å². The lowest BCUT2D eigenvalue weighted by Crippen LogP contribution is -2.53. The molecule has 1 saturated heterocycles. The molecule has 1 fully saturated rings.